The number of fused-ring (bicyclic) bond motifs is 1. The molecule has 0 radical (unpaired) electrons. The van der Waals surface area contributed by atoms with Crippen molar-refractivity contribution >= 4 is 17.5 Å². The number of carbonyl (C=O) groups excluding carboxylic acids is 1. The third kappa shape index (κ3) is 2.78. The summed E-state index contributed by atoms with van der Waals surface area (Å²) in [6.07, 6.45) is 1.76. The van der Waals surface area contributed by atoms with Gasteiger partial charge in [0.1, 0.15) is 5.82 Å². The average Bonchev–Trinajstić information content (AvgIpc) is 3.03. The number of nitrogens with zero attached hydrogens (tertiary/aromatic N) is 1. The summed E-state index contributed by atoms with van der Waals surface area (Å²) in [7, 11) is 0. The first kappa shape index (κ1) is 15.8. The van der Waals surface area contributed by atoms with Gasteiger partial charge < -0.3 is 10.3 Å². The zero-order valence-electron chi connectivity index (χ0n) is 12.9. The zero-order valence-corrected chi connectivity index (χ0v) is 13.6. The number of nitrogens with one attached hydrogen (secondary N) is 2. The van der Waals surface area contributed by atoms with Gasteiger partial charge in [0, 0.05) is 35.5 Å². The van der Waals surface area contributed by atoms with Crippen LogP contribution in [0.1, 0.15) is 16.1 Å². The summed E-state index contributed by atoms with van der Waals surface area (Å²) in [6.45, 7) is 0.546. The van der Waals surface area contributed by atoms with E-state index in [9.17, 15) is 13.6 Å². The van der Waals surface area contributed by atoms with Gasteiger partial charge in [-0.05, 0) is 30.3 Å². The smallest absolute Gasteiger partial charge is 0.253 e. The van der Waals surface area contributed by atoms with Crippen LogP contribution in [-0.2, 0) is 6.42 Å². The summed E-state index contributed by atoms with van der Waals surface area (Å²) in [5.41, 5.74) is 3.10. The van der Waals surface area contributed by atoms with E-state index in [0.717, 1.165) is 11.9 Å². The highest BCUT2D eigenvalue weighted by Crippen LogP contribution is 2.30. The molecule has 0 unspecified atom stereocenters. The second-order valence-corrected chi connectivity index (χ2v) is 6.17. The van der Waals surface area contributed by atoms with E-state index in [0.29, 0.717) is 35.5 Å². The van der Waals surface area contributed by atoms with Gasteiger partial charge >= 0.3 is 0 Å². The van der Waals surface area contributed by atoms with Crippen LogP contribution in [0.25, 0.3) is 22.5 Å². The maximum absolute atomic E-state index is 14.3. The fourth-order valence-corrected chi connectivity index (χ4v) is 3.08. The molecule has 1 amide bonds. The third-order valence-electron chi connectivity index (χ3n) is 4.17. The molecular weight excluding hydrogens is 348 g/mol. The molecule has 0 fully saturated rings. The SMILES string of the molecule is O=C1NCCc2[nH]c(-c3cc(-c4ccc(F)c(Cl)c4)ncc3F)cc21. The van der Waals surface area contributed by atoms with Crippen molar-refractivity contribution < 1.29 is 13.6 Å². The first-order valence-electron chi connectivity index (χ1n) is 7.64. The van der Waals surface area contributed by atoms with Crippen molar-refractivity contribution in [3.8, 4) is 22.5 Å². The highest BCUT2D eigenvalue weighted by Gasteiger charge is 2.21. The van der Waals surface area contributed by atoms with E-state index in [1.807, 2.05) is 0 Å². The molecular formula is C18H12ClF2N3O. The number of rotatable bonds is 2. The first-order valence-corrected chi connectivity index (χ1v) is 8.02. The van der Waals surface area contributed by atoms with Crippen LogP contribution in [0.2, 0.25) is 5.02 Å². The number of aromatic amines is 1. The number of benzene rings is 1. The number of hydrogen-bond donors (Lipinski definition) is 2. The Hall–Kier alpha value is -2.73. The monoisotopic (exact) mass is 359 g/mol. The van der Waals surface area contributed by atoms with Gasteiger partial charge in [-0.3, -0.25) is 9.78 Å². The predicted octanol–water partition coefficient (Wildman–Crippen LogP) is 3.96. The van der Waals surface area contributed by atoms with Crippen LogP contribution in [0.5, 0.6) is 0 Å². The van der Waals surface area contributed by atoms with Crippen molar-refractivity contribution in [3.63, 3.8) is 0 Å². The van der Waals surface area contributed by atoms with Crippen molar-refractivity contribution in [3.05, 3.63) is 64.4 Å². The Morgan fingerprint density at radius 3 is 2.68 bits per heavy atom. The van der Waals surface area contributed by atoms with Gasteiger partial charge in [-0.25, -0.2) is 8.78 Å². The Kier molecular flexibility index (Phi) is 3.77. The van der Waals surface area contributed by atoms with Crippen LogP contribution in [0.15, 0.2) is 36.5 Å². The van der Waals surface area contributed by atoms with Crippen LogP contribution in [0.4, 0.5) is 8.78 Å². The Morgan fingerprint density at radius 1 is 1.08 bits per heavy atom. The van der Waals surface area contributed by atoms with E-state index in [1.54, 1.807) is 12.1 Å². The standard InChI is InChI=1S/C18H12ClF2N3O/c19-12-5-9(1-2-13(12)20)16-6-10(14(21)8-23-16)17-7-11-15(24-17)3-4-22-18(11)25/h1-2,5-8,24H,3-4H2,(H,22,25). The molecule has 0 spiro atoms. The fourth-order valence-electron chi connectivity index (χ4n) is 2.90. The van der Waals surface area contributed by atoms with Crippen LogP contribution in [0.3, 0.4) is 0 Å². The van der Waals surface area contributed by atoms with Gasteiger partial charge in [0.2, 0.25) is 0 Å². The lowest BCUT2D eigenvalue weighted by molar-refractivity contribution is 0.0946. The van der Waals surface area contributed by atoms with E-state index in [4.69, 9.17) is 11.6 Å². The predicted molar refractivity (Wildman–Crippen MR) is 90.4 cm³/mol. The molecule has 0 atom stereocenters. The summed E-state index contributed by atoms with van der Waals surface area (Å²) in [4.78, 5) is 19.0. The van der Waals surface area contributed by atoms with E-state index in [1.165, 1.54) is 18.2 Å². The van der Waals surface area contributed by atoms with Crippen molar-refractivity contribution in [2.75, 3.05) is 6.54 Å². The Labute approximate surface area is 146 Å². The number of aromatic nitrogens is 2. The topological polar surface area (TPSA) is 57.8 Å². The molecule has 126 valence electrons. The van der Waals surface area contributed by atoms with Gasteiger partial charge in [-0.15, -0.1) is 0 Å². The minimum atomic E-state index is -0.532. The number of pyridine rings is 1. The molecule has 0 saturated carbocycles. The average molecular weight is 360 g/mol. The molecule has 1 aromatic carbocycles. The summed E-state index contributed by atoms with van der Waals surface area (Å²) in [6, 6.07) is 7.38. The maximum Gasteiger partial charge on any atom is 0.253 e. The molecule has 4 nitrogen and oxygen atoms in total. The highest BCUT2D eigenvalue weighted by molar-refractivity contribution is 6.31. The second kappa shape index (κ2) is 5.97. The molecule has 1 aliphatic rings. The molecule has 7 heteroatoms. The number of H-pyrrole nitrogens is 1. The van der Waals surface area contributed by atoms with E-state index in [2.05, 4.69) is 15.3 Å². The highest BCUT2D eigenvalue weighted by atomic mass is 35.5. The van der Waals surface area contributed by atoms with E-state index < -0.39 is 11.6 Å². The van der Waals surface area contributed by atoms with Crippen molar-refractivity contribution in [1.82, 2.24) is 15.3 Å². The van der Waals surface area contributed by atoms with E-state index >= 15 is 0 Å². The lowest BCUT2D eigenvalue weighted by atomic mass is 10.1. The Balaban J connectivity index is 1.80. The number of halogens is 3. The second-order valence-electron chi connectivity index (χ2n) is 5.76. The molecule has 3 heterocycles. The third-order valence-corrected chi connectivity index (χ3v) is 4.46. The van der Waals surface area contributed by atoms with Crippen LogP contribution < -0.4 is 5.32 Å². The van der Waals surface area contributed by atoms with Crippen LogP contribution in [-0.4, -0.2) is 22.4 Å². The van der Waals surface area contributed by atoms with Gasteiger partial charge in [0.05, 0.1) is 22.5 Å². The van der Waals surface area contributed by atoms with Crippen molar-refractivity contribution in [2.45, 2.75) is 6.42 Å². The normalized spacial score (nSPS) is 13.5. The number of carbonyl (C=O) groups is 1. The van der Waals surface area contributed by atoms with E-state index in [-0.39, 0.29) is 16.5 Å². The summed E-state index contributed by atoms with van der Waals surface area (Å²) in [5, 5.41) is 2.72. The fraction of sp³-hybridized carbons (Fsp3) is 0.111. The maximum atomic E-state index is 14.3. The minimum absolute atomic E-state index is 0.0304. The van der Waals surface area contributed by atoms with Crippen molar-refractivity contribution in [2.24, 2.45) is 0 Å². The minimum Gasteiger partial charge on any atom is -0.358 e. The largest absolute Gasteiger partial charge is 0.358 e. The number of amides is 1. The molecule has 0 aliphatic carbocycles. The molecule has 3 aromatic rings. The molecule has 4 rings (SSSR count). The summed E-state index contributed by atoms with van der Waals surface area (Å²) in [5.74, 6) is -1.23. The number of hydrogen-bond acceptors (Lipinski definition) is 2. The molecule has 0 saturated heterocycles. The Morgan fingerprint density at radius 2 is 1.92 bits per heavy atom. The van der Waals surface area contributed by atoms with Crippen molar-refractivity contribution in [1.29, 1.82) is 0 Å². The molecule has 0 bridgehead atoms. The summed E-state index contributed by atoms with van der Waals surface area (Å²) < 4.78 is 27.6. The van der Waals surface area contributed by atoms with Crippen LogP contribution >= 0.6 is 11.6 Å². The van der Waals surface area contributed by atoms with Gasteiger partial charge in [-0.1, -0.05) is 11.6 Å². The first-order chi connectivity index (χ1) is 12.0. The molecule has 25 heavy (non-hydrogen) atoms. The van der Waals surface area contributed by atoms with Gasteiger partial charge in [0.25, 0.3) is 5.91 Å². The zero-order chi connectivity index (χ0) is 17.6. The lowest BCUT2D eigenvalue weighted by Gasteiger charge is -2.11. The Bertz CT molecular complexity index is 1000. The molecule has 2 aromatic heterocycles. The van der Waals surface area contributed by atoms with Gasteiger partial charge in [-0.2, -0.15) is 0 Å². The molecule has 1 aliphatic heterocycles. The van der Waals surface area contributed by atoms with Gasteiger partial charge in [0.15, 0.2) is 5.82 Å². The quantitative estimate of drug-likeness (QED) is 0.727. The molecule has 2 N–H and O–H groups in total. The summed E-state index contributed by atoms with van der Waals surface area (Å²) >= 11 is 5.81. The lowest BCUT2D eigenvalue weighted by Crippen LogP contribution is -2.31. The van der Waals surface area contributed by atoms with Crippen LogP contribution in [0, 0.1) is 11.6 Å².